The molecule has 1 saturated heterocycles. The van der Waals surface area contributed by atoms with Gasteiger partial charge in [0.05, 0.1) is 12.5 Å². The molecular formula is C15H20F3N3O2. The van der Waals surface area contributed by atoms with Gasteiger partial charge in [-0.15, -0.1) is 0 Å². The van der Waals surface area contributed by atoms with Gasteiger partial charge in [-0.3, -0.25) is 9.48 Å². The number of hydrogen-bond donors (Lipinski definition) is 1. The first kappa shape index (κ1) is 16.3. The fourth-order valence-electron chi connectivity index (χ4n) is 3.40. The highest BCUT2D eigenvalue weighted by atomic mass is 19.4. The summed E-state index contributed by atoms with van der Waals surface area (Å²) in [5, 5.41) is 12.6. The van der Waals surface area contributed by atoms with E-state index in [4.69, 9.17) is 5.11 Å². The number of piperidine rings is 1. The summed E-state index contributed by atoms with van der Waals surface area (Å²) in [6, 6.07) is 0.996. The second kappa shape index (κ2) is 5.81. The lowest BCUT2D eigenvalue weighted by Gasteiger charge is -2.34. The Morgan fingerprint density at radius 2 is 2.00 bits per heavy atom. The Balaban J connectivity index is 1.53. The molecule has 23 heavy (non-hydrogen) atoms. The van der Waals surface area contributed by atoms with Crippen molar-refractivity contribution in [2.24, 2.45) is 5.41 Å². The average Bonchev–Trinajstić information content (AvgIpc) is 3.01. The van der Waals surface area contributed by atoms with E-state index < -0.39 is 17.8 Å². The van der Waals surface area contributed by atoms with Crippen molar-refractivity contribution in [2.75, 3.05) is 19.6 Å². The first-order chi connectivity index (χ1) is 10.8. The zero-order valence-electron chi connectivity index (χ0n) is 12.7. The van der Waals surface area contributed by atoms with Crippen molar-refractivity contribution in [3.63, 3.8) is 0 Å². The molecule has 1 N–H and O–H groups in total. The topological polar surface area (TPSA) is 58.4 Å². The molecule has 2 fully saturated rings. The molecule has 1 aliphatic heterocycles. The van der Waals surface area contributed by atoms with Gasteiger partial charge in [-0.05, 0) is 37.2 Å². The maximum Gasteiger partial charge on any atom is 0.435 e. The summed E-state index contributed by atoms with van der Waals surface area (Å²) in [4.78, 5) is 13.1. The second-order valence-electron chi connectivity index (χ2n) is 6.76. The Hall–Kier alpha value is -1.57. The number of halogens is 3. The predicted molar refractivity (Wildman–Crippen MR) is 75.9 cm³/mol. The van der Waals surface area contributed by atoms with Crippen molar-refractivity contribution in [3.8, 4) is 0 Å². The van der Waals surface area contributed by atoms with Crippen molar-refractivity contribution < 1.29 is 23.1 Å². The van der Waals surface area contributed by atoms with E-state index in [-0.39, 0.29) is 17.9 Å². The van der Waals surface area contributed by atoms with E-state index in [9.17, 15) is 18.0 Å². The monoisotopic (exact) mass is 331 g/mol. The lowest BCUT2D eigenvalue weighted by Crippen LogP contribution is -2.39. The molecule has 0 aromatic carbocycles. The molecule has 5 nitrogen and oxygen atoms in total. The van der Waals surface area contributed by atoms with E-state index in [1.54, 1.807) is 0 Å². The Morgan fingerprint density at radius 1 is 1.35 bits per heavy atom. The van der Waals surface area contributed by atoms with Gasteiger partial charge in [0.2, 0.25) is 0 Å². The Kier molecular flexibility index (Phi) is 4.12. The van der Waals surface area contributed by atoms with E-state index in [0.29, 0.717) is 0 Å². The summed E-state index contributed by atoms with van der Waals surface area (Å²) in [5.41, 5.74) is -0.924. The molecule has 0 amide bonds. The van der Waals surface area contributed by atoms with E-state index in [2.05, 4.69) is 10.00 Å². The largest absolute Gasteiger partial charge is 0.481 e. The number of carboxylic acid groups (broad SMARTS) is 1. The molecule has 0 atom stereocenters. The third-order valence-corrected chi connectivity index (χ3v) is 4.87. The molecule has 0 unspecified atom stereocenters. The van der Waals surface area contributed by atoms with Gasteiger partial charge in [0.1, 0.15) is 0 Å². The van der Waals surface area contributed by atoms with Crippen LogP contribution in [0.2, 0.25) is 0 Å². The highest BCUT2D eigenvalue weighted by Crippen LogP contribution is 2.49. The summed E-state index contributed by atoms with van der Waals surface area (Å²) >= 11 is 0. The van der Waals surface area contributed by atoms with Crippen LogP contribution in [0.25, 0.3) is 0 Å². The molecule has 0 spiro atoms. The number of likely N-dealkylation sites (tertiary alicyclic amines) is 1. The molecule has 2 heterocycles. The van der Waals surface area contributed by atoms with Crippen LogP contribution < -0.4 is 0 Å². The van der Waals surface area contributed by atoms with Crippen LogP contribution in [0.4, 0.5) is 13.2 Å². The lowest BCUT2D eigenvalue weighted by atomic mass is 9.98. The van der Waals surface area contributed by atoms with Gasteiger partial charge in [-0.25, -0.2) is 0 Å². The van der Waals surface area contributed by atoms with E-state index in [1.807, 2.05) is 0 Å². The van der Waals surface area contributed by atoms with Gasteiger partial charge in [-0.2, -0.15) is 18.3 Å². The number of carbonyl (C=O) groups is 1. The normalized spacial score (nSPS) is 22.2. The van der Waals surface area contributed by atoms with Gasteiger partial charge in [0.25, 0.3) is 0 Å². The first-order valence-electron chi connectivity index (χ1n) is 7.84. The van der Waals surface area contributed by atoms with Crippen LogP contribution in [0.1, 0.15) is 43.8 Å². The molecule has 0 bridgehead atoms. The Labute approximate surface area is 132 Å². The number of aromatic nitrogens is 2. The maximum absolute atomic E-state index is 12.6. The Bertz CT molecular complexity index is 573. The molecule has 1 aromatic rings. The van der Waals surface area contributed by atoms with E-state index in [1.165, 1.54) is 10.9 Å². The molecule has 2 aliphatic rings. The van der Waals surface area contributed by atoms with Crippen molar-refractivity contribution in [2.45, 2.75) is 44.3 Å². The zero-order chi connectivity index (χ0) is 16.7. The first-order valence-corrected chi connectivity index (χ1v) is 7.84. The third kappa shape index (κ3) is 3.85. The van der Waals surface area contributed by atoms with Crippen LogP contribution in [-0.4, -0.2) is 45.4 Å². The Morgan fingerprint density at radius 3 is 2.48 bits per heavy atom. The highest BCUT2D eigenvalue weighted by molar-refractivity contribution is 5.68. The fraction of sp³-hybridized carbons (Fsp3) is 0.733. The number of hydrogen-bond acceptors (Lipinski definition) is 3. The van der Waals surface area contributed by atoms with E-state index >= 15 is 0 Å². The van der Waals surface area contributed by atoms with Crippen LogP contribution >= 0.6 is 0 Å². The number of aliphatic carboxylic acids is 1. The lowest BCUT2D eigenvalue weighted by molar-refractivity contribution is -0.142. The van der Waals surface area contributed by atoms with Crippen molar-refractivity contribution in [3.05, 3.63) is 18.0 Å². The molecular weight excluding hydrogens is 311 g/mol. The average molecular weight is 331 g/mol. The van der Waals surface area contributed by atoms with Crippen molar-refractivity contribution in [1.29, 1.82) is 0 Å². The maximum atomic E-state index is 12.6. The predicted octanol–water partition coefficient (Wildman–Crippen LogP) is 2.79. The molecule has 1 saturated carbocycles. The van der Waals surface area contributed by atoms with Crippen LogP contribution in [0.3, 0.4) is 0 Å². The van der Waals surface area contributed by atoms with E-state index in [0.717, 1.165) is 51.4 Å². The van der Waals surface area contributed by atoms with Crippen LogP contribution in [0, 0.1) is 5.41 Å². The zero-order valence-corrected chi connectivity index (χ0v) is 12.7. The summed E-state index contributed by atoms with van der Waals surface area (Å²) in [6.07, 6.45) is 0.586. The van der Waals surface area contributed by atoms with Gasteiger partial charge in [0, 0.05) is 25.8 Å². The summed E-state index contributed by atoms with van der Waals surface area (Å²) < 4.78 is 39.2. The molecule has 128 valence electrons. The van der Waals surface area contributed by atoms with Gasteiger partial charge >= 0.3 is 12.1 Å². The van der Waals surface area contributed by atoms with Crippen molar-refractivity contribution >= 4 is 5.97 Å². The third-order valence-electron chi connectivity index (χ3n) is 4.87. The van der Waals surface area contributed by atoms with Gasteiger partial charge in [-0.1, -0.05) is 0 Å². The van der Waals surface area contributed by atoms with Crippen LogP contribution in [0.15, 0.2) is 12.3 Å². The number of rotatable bonds is 5. The molecule has 1 aliphatic carbocycles. The number of carboxylic acids is 1. The van der Waals surface area contributed by atoms with Crippen molar-refractivity contribution in [1.82, 2.24) is 14.7 Å². The number of nitrogens with zero attached hydrogens (tertiary/aromatic N) is 3. The van der Waals surface area contributed by atoms with Gasteiger partial charge in [0.15, 0.2) is 5.69 Å². The summed E-state index contributed by atoms with van der Waals surface area (Å²) in [5.74, 6) is -0.756. The molecule has 8 heteroatoms. The number of alkyl halides is 3. The summed E-state index contributed by atoms with van der Waals surface area (Å²) in [7, 11) is 0. The van der Waals surface area contributed by atoms with Gasteiger partial charge < -0.3 is 10.0 Å². The minimum atomic E-state index is -4.40. The smallest absolute Gasteiger partial charge is 0.435 e. The summed E-state index contributed by atoms with van der Waals surface area (Å²) in [6.45, 7) is 2.32. The van der Waals surface area contributed by atoms with Crippen LogP contribution in [0.5, 0.6) is 0 Å². The minimum absolute atomic E-state index is 0.0167. The molecule has 1 aromatic heterocycles. The minimum Gasteiger partial charge on any atom is -0.481 e. The SMILES string of the molecule is O=C(O)CC1(CN2CCC(n3ccc(C(F)(F)F)n3)CC2)CC1. The standard InChI is InChI=1S/C15H20F3N3O2/c16-15(17,18)12-3-8-21(19-12)11-1-6-20(7-2-11)10-14(4-5-14)9-13(22)23/h3,8,11H,1-2,4-7,9-10H2,(H,22,23). The molecule has 0 radical (unpaired) electrons. The molecule has 3 rings (SSSR count). The second-order valence-corrected chi connectivity index (χ2v) is 6.76. The fourth-order valence-corrected chi connectivity index (χ4v) is 3.40. The quantitative estimate of drug-likeness (QED) is 0.901. The highest BCUT2D eigenvalue weighted by Gasteiger charge is 2.45. The van der Waals surface area contributed by atoms with Crippen LogP contribution in [-0.2, 0) is 11.0 Å².